The summed E-state index contributed by atoms with van der Waals surface area (Å²) in [5.74, 6) is 0. The summed E-state index contributed by atoms with van der Waals surface area (Å²) in [6, 6.07) is 8.46. The molecule has 0 radical (unpaired) electrons. The predicted molar refractivity (Wildman–Crippen MR) is 67.7 cm³/mol. The van der Waals surface area contributed by atoms with E-state index in [1.165, 1.54) is 27.5 Å². The van der Waals surface area contributed by atoms with Crippen LogP contribution >= 0.6 is 0 Å². The van der Waals surface area contributed by atoms with Crippen LogP contribution in [0.4, 0.5) is 0 Å². The fourth-order valence-electron chi connectivity index (χ4n) is 2.58. The van der Waals surface area contributed by atoms with Gasteiger partial charge in [-0.25, -0.2) is 0 Å². The van der Waals surface area contributed by atoms with Crippen LogP contribution in [0, 0.1) is 13.8 Å². The van der Waals surface area contributed by atoms with Crippen molar-refractivity contribution in [1.29, 1.82) is 0 Å². The average Bonchev–Trinajstić information content (AvgIpc) is 2.56. The lowest BCUT2D eigenvalue weighted by Crippen LogP contribution is -1.91. The Hall–Kier alpha value is -1.83. The molecule has 3 rings (SSSR count). The minimum Gasteiger partial charge on any atom is -0.342 e. The lowest BCUT2D eigenvalue weighted by atomic mass is 10.1. The van der Waals surface area contributed by atoms with Gasteiger partial charge in [0.2, 0.25) is 0 Å². The molecule has 0 amide bonds. The molecule has 0 aliphatic heterocycles. The number of aromatic nitrogens is 2. The Morgan fingerprint density at radius 2 is 1.75 bits per heavy atom. The molecule has 2 heterocycles. The smallest absolute Gasteiger partial charge is 0.0962 e. The average molecular weight is 210 g/mol. The molecule has 80 valence electrons. The summed E-state index contributed by atoms with van der Waals surface area (Å²) in [6.45, 7) is 4.29. The largest absolute Gasteiger partial charge is 0.342 e. The van der Waals surface area contributed by atoms with Crippen LogP contribution in [0.5, 0.6) is 0 Å². The lowest BCUT2D eigenvalue weighted by molar-refractivity contribution is 1.00. The first-order valence-electron chi connectivity index (χ1n) is 5.49. The minimum atomic E-state index is 1.11. The molecule has 0 bridgehead atoms. The van der Waals surface area contributed by atoms with Crippen molar-refractivity contribution in [2.45, 2.75) is 13.8 Å². The number of fused-ring (bicyclic) bond motifs is 3. The zero-order valence-electron chi connectivity index (χ0n) is 9.78. The van der Waals surface area contributed by atoms with Crippen LogP contribution in [-0.2, 0) is 7.05 Å². The summed E-state index contributed by atoms with van der Waals surface area (Å²) in [5, 5.41) is 1.25. The summed E-state index contributed by atoms with van der Waals surface area (Å²) in [7, 11) is 2.12. The SMILES string of the molecule is Cc1cccc2c3nccc(C)c3n(C)c12. The third-order valence-corrected chi connectivity index (χ3v) is 3.29. The van der Waals surface area contributed by atoms with Gasteiger partial charge in [0.05, 0.1) is 16.6 Å². The maximum Gasteiger partial charge on any atom is 0.0962 e. The van der Waals surface area contributed by atoms with E-state index < -0.39 is 0 Å². The lowest BCUT2D eigenvalue weighted by Gasteiger charge is -2.02. The molecular weight excluding hydrogens is 196 g/mol. The Kier molecular flexibility index (Phi) is 1.81. The number of nitrogens with zero attached hydrogens (tertiary/aromatic N) is 2. The van der Waals surface area contributed by atoms with E-state index in [0.717, 1.165) is 5.52 Å². The fourth-order valence-corrected chi connectivity index (χ4v) is 2.58. The minimum absolute atomic E-state index is 1.11. The highest BCUT2D eigenvalue weighted by Crippen LogP contribution is 2.29. The Morgan fingerprint density at radius 1 is 1.00 bits per heavy atom. The molecule has 0 aliphatic rings. The van der Waals surface area contributed by atoms with Crippen molar-refractivity contribution in [3.63, 3.8) is 0 Å². The first-order chi connectivity index (χ1) is 7.70. The molecule has 3 aromatic rings. The van der Waals surface area contributed by atoms with E-state index in [1.54, 1.807) is 0 Å². The highest BCUT2D eigenvalue weighted by atomic mass is 15.0. The number of para-hydroxylation sites is 1. The molecule has 2 nitrogen and oxygen atoms in total. The Labute approximate surface area is 94.5 Å². The van der Waals surface area contributed by atoms with Crippen molar-refractivity contribution in [3.8, 4) is 0 Å². The van der Waals surface area contributed by atoms with Gasteiger partial charge in [0.15, 0.2) is 0 Å². The standard InChI is InChI=1S/C14H14N2/c1-9-5-4-6-11-12-14(16(3)13(9)11)10(2)7-8-15-12/h4-8H,1-3H3. The quantitative estimate of drug-likeness (QED) is 0.556. The first-order valence-corrected chi connectivity index (χ1v) is 5.49. The van der Waals surface area contributed by atoms with Crippen molar-refractivity contribution in [3.05, 3.63) is 41.6 Å². The van der Waals surface area contributed by atoms with E-state index in [0.29, 0.717) is 0 Å². The summed E-state index contributed by atoms with van der Waals surface area (Å²) in [6.07, 6.45) is 1.89. The van der Waals surface area contributed by atoms with Gasteiger partial charge < -0.3 is 4.57 Å². The van der Waals surface area contributed by atoms with Gasteiger partial charge in [-0.15, -0.1) is 0 Å². The number of aryl methyl sites for hydroxylation is 3. The number of hydrogen-bond acceptors (Lipinski definition) is 1. The van der Waals surface area contributed by atoms with Gasteiger partial charge in [0.1, 0.15) is 0 Å². The van der Waals surface area contributed by atoms with Crippen LogP contribution in [0.2, 0.25) is 0 Å². The van der Waals surface area contributed by atoms with Gasteiger partial charge in [-0.1, -0.05) is 18.2 Å². The molecule has 0 saturated heterocycles. The molecule has 0 aliphatic carbocycles. The molecule has 2 aromatic heterocycles. The monoisotopic (exact) mass is 210 g/mol. The molecule has 2 heteroatoms. The van der Waals surface area contributed by atoms with Crippen LogP contribution in [-0.4, -0.2) is 9.55 Å². The van der Waals surface area contributed by atoms with Crippen molar-refractivity contribution in [2.75, 3.05) is 0 Å². The van der Waals surface area contributed by atoms with E-state index in [4.69, 9.17) is 0 Å². The Balaban J connectivity index is 2.70. The molecule has 0 N–H and O–H groups in total. The van der Waals surface area contributed by atoms with E-state index in [9.17, 15) is 0 Å². The molecule has 16 heavy (non-hydrogen) atoms. The molecule has 0 unspecified atom stereocenters. The van der Waals surface area contributed by atoms with E-state index >= 15 is 0 Å². The number of pyridine rings is 1. The highest BCUT2D eigenvalue weighted by Gasteiger charge is 2.11. The molecular formula is C14H14N2. The van der Waals surface area contributed by atoms with Gasteiger partial charge >= 0.3 is 0 Å². The molecule has 0 saturated carbocycles. The summed E-state index contributed by atoms with van der Waals surface area (Å²) < 4.78 is 2.25. The zero-order chi connectivity index (χ0) is 11.3. The second-order valence-corrected chi connectivity index (χ2v) is 4.36. The summed E-state index contributed by atoms with van der Waals surface area (Å²) in [5.41, 5.74) is 6.23. The van der Waals surface area contributed by atoms with Gasteiger partial charge in [-0.3, -0.25) is 4.98 Å². The third kappa shape index (κ3) is 1.04. The Bertz CT molecular complexity index is 633. The van der Waals surface area contributed by atoms with Gasteiger partial charge in [-0.2, -0.15) is 0 Å². The van der Waals surface area contributed by atoms with Crippen LogP contribution in [0.3, 0.4) is 0 Å². The van der Waals surface area contributed by atoms with E-state index in [-0.39, 0.29) is 0 Å². The maximum atomic E-state index is 4.51. The number of rotatable bonds is 0. The van der Waals surface area contributed by atoms with Crippen LogP contribution in [0.25, 0.3) is 21.9 Å². The van der Waals surface area contributed by atoms with Crippen LogP contribution < -0.4 is 0 Å². The summed E-state index contributed by atoms with van der Waals surface area (Å²) in [4.78, 5) is 4.51. The number of benzene rings is 1. The first kappa shape index (κ1) is 9.40. The van der Waals surface area contributed by atoms with Crippen molar-refractivity contribution < 1.29 is 0 Å². The predicted octanol–water partition coefficient (Wildman–Crippen LogP) is 3.34. The van der Waals surface area contributed by atoms with Crippen LogP contribution in [0.15, 0.2) is 30.5 Å². The highest BCUT2D eigenvalue weighted by molar-refractivity contribution is 6.07. The van der Waals surface area contributed by atoms with E-state index in [1.807, 2.05) is 6.20 Å². The molecule has 0 spiro atoms. The maximum absolute atomic E-state index is 4.51. The van der Waals surface area contributed by atoms with E-state index in [2.05, 4.69) is 54.7 Å². The number of hydrogen-bond donors (Lipinski definition) is 0. The van der Waals surface area contributed by atoms with Crippen molar-refractivity contribution >= 4 is 21.9 Å². The fraction of sp³-hybridized carbons (Fsp3) is 0.214. The zero-order valence-corrected chi connectivity index (χ0v) is 9.78. The summed E-state index contributed by atoms with van der Waals surface area (Å²) >= 11 is 0. The van der Waals surface area contributed by atoms with Gasteiger partial charge in [-0.05, 0) is 31.0 Å². The third-order valence-electron chi connectivity index (χ3n) is 3.29. The Morgan fingerprint density at radius 3 is 2.56 bits per heavy atom. The molecule has 1 aromatic carbocycles. The molecule has 0 atom stereocenters. The topological polar surface area (TPSA) is 17.8 Å². The second kappa shape index (κ2) is 3.08. The van der Waals surface area contributed by atoms with Gasteiger partial charge in [0, 0.05) is 18.6 Å². The van der Waals surface area contributed by atoms with Crippen molar-refractivity contribution in [1.82, 2.24) is 9.55 Å². The van der Waals surface area contributed by atoms with Gasteiger partial charge in [0.25, 0.3) is 0 Å². The molecule has 0 fully saturated rings. The second-order valence-electron chi connectivity index (χ2n) is 4.36. The van der Waals surface area contributed by atoms with Crippen molar-refractivity contribution in [2.24, 2.45) is 7.05 Å². The van der Waals surface area contributed by atoms with Crippen LogP contribution in [0.1, 0.15) is 11.1 Å². The normalized spacial score (nSPS) is 11.4.